The highest BCUT2D eigenvalue weighted by atomic mass is 16.5. The molecule has 2 heteroatoms. The Kier molecular flexibility index (Phi) is 5.15. The second-order valence-electron chi connectivity index (χ2n) is 5.39. The van der Waals surface area contributed by atoms with Gasteiger partial charge in [-0.15, -0.1) is 0 Å². The van der Waals surface area contributed by atoms with Gasteiger partial charge in [-0.1, -0.05) is 42.5 Å². The maximum atomic E-state index is 12.0. The third-order valence-corrected chi connectivity index (χ3v) is 3.76. The van der Waals surface area contributed by atoms with Crippen molar-refractivity contribution in [3.63, 3.8) is 0 Å². The summed E-state index contributed by atoms with van der Waals surface area (Å²) in [6.07, 6.45) is 1.26. The summed E-state index contributed by atoms with van der Waals surface area (Å²) < 4.78 is 5.88. The Balaban J connectivity index is 1.86. The Morgan fingerprint density at radius 1 is 0.952 bits per heavy atom. The molecule has 0 aliphatic heterocycles. The molecular formula is C19H22O2. The van der Waals surface area contributed by atoms with Crippen LogP contribution in [-0.2, 0) is 0 Å². The van der Waals surface area contributed by atoms with Crippen molar-refractivity contribution >= 4 is 5.78 Å². The van der Waals surface area contributed by atoms with Gasteiger partial charge in [0.25, 0.3) is 0 Å². The van der Waals surface area contributed by atoms with Gasteiger partial charge in [0.15, 0.2) is 5.78 Å². The molecule has 0 radical (unpaired) electrons. The molecule has 0 unspecified atom stereocenters. The fourth-order valence-electron chi connectivity index (χ4n) is 2.32. The Morgan fingerprint density at radius 3 is 2.33 bits per heavy atom. The molecule has 0 atom stereocenters. The first kappa shape index (κ1) is 15.3. The van der Waals surface area contributed by atoms with Crippen LogP contribution in [0.5, 0.6) is 5.75 Å². The highest BCUT2D eigenvalue weighted by molar-refractivity contribution is 5.95. The van der Waals surface area contributed by atoms with E-state index in [0.717, 1.165) is 23.3 Å². The lowest BCUT2D eigenvalue weighted by Gasteiger charge is -2.13. The number of benzene rings is 2. The molecule has 21 heavy (non-hydrogen) atoms. The minimum absolute atomic E-state index is 0.178. The summed E-state index contributed by atoms with van der Waals surface area (Å²) in [4.78, 5) is 12.0. The van der Waals surface area contributed by atoms with E-state index in [2.05, 4.69) is 32.9 Å². The van der Waals surface area contributed by atoms with Crippen molar-refractivity contribution in [3.8, 4) is 5.75 Å². The molecule has 0 saturated carbocycles. The largest absolute Gasteiger partial charge is 0.493 e. The van der Waals surface area contributed by atoms with Crippen molar-refractivity contribution in [1.82, 2.24) is 0 Å². The Bertz CT molecular complexity index is 615. The molecule has 0 spiro atoms. The van der Waals surface area contributed by atoms with Gasteiger partial charge < -0.3 is 4.74 Å². The lowest BCUT2D eigenvalue weighted by atomic mass is 10.1. The van der Waals surface area contributed by atoms with Crippen molar-refractivity contribution in [1.29, 1.82) is 0 Å². The van der Waals surface area contributed by atoms with Crippen LogP contribution in [0, 0.1) is 20.8 Å². The minimum Gasteiger partial charge on any atom is -0.493 e. The molecule has 2 aromatic rings. The number of ketones is 1. The molecular weight excluding hydrogens is 260 g/mol. The summed E-state index contributed by atoms with van der Waals surface area (Å²) >= 11 is 0. The van der Waals surface area contributed by atoms with Crippen LogP contribution in [0.3, 0.4) is 0 Å². The van der Waals surface area contributed by atoms with Gasteiger partial charge in [0.05, 0.1) is 6.61 Å². The fraction of sp³-hybridized carbons (Fsp3) is 0.316. The van der Waals surface area contributed by atoms with Crippen LogP contribution in [0.25, 0.3) is 0 Å². The molecule has 0 bridgehead atoms. The number of hydrogen-bond acceptors (Lipinski definition) is 2. The van der Waals surface area contributed by atoms with Crippen LogP contribution in [0.15, 0.2) is 42.5 Å². The maximum Gasteiger partial charge on any atom is 0.163 e. The Labute approximate surface area is 126 Å². The molecule has 2 aromatic carbocycles. The first-order chi connectivity index (χ1) is 10.1. The van der Waals surface area contributed by atoms with Crippen LogP contribution >= 0.6 is 0 Å². The molecule has 2 nitrogen and oxygen atoms in total. The predicted octanol–water partition coefficient (Wildman–Crippen LogP) is 4.65. The average Bonchev–Trinajstić information content (AvgIpc) is 2.51. The zero-order valence-corrected chi connectivity index (χ0v) is 13.0. The van der Waals surface area contributed by atoms with E-state index in [1.807, 2.05) is 30.3 Å². The standard InChI is InChI=1S/C19H22O2/c1-14-11-12-15(2)19(16(14)3)21-13-7-10-18(20)17-8-5-4-6-9-17/h4-6,8-9,11-12H,7,10,13H2,1-3H3. The Hall–Kier alpha value is -2.09. The highest BCUT2D eigenvalue weighted by Crippen LogP contribution is 2.25. The van der Waals surface area contributed by atoms with E-state index in [1.54, 1.807) is 0 Å². The second kappa shape index (κ2) is 7.07. The number of carbonyl (C=O) groups is 1. The van der Waals surface area contributed by atoms with Crippen LogP contribution in [-0.4, -0.2) is 12.4 Å². The van der Waals surface area contributed by atoms with Crippen molar-refractivity contribution in [2.45, 2.75) is 33.6 Å². The number of aryl methyl sites for hydroxylation is 2. The number of rotatable bonds is 6. The summed E-state index contributed by atoms with van der Waals surface area (Å²) in [5.41, 5.74) is 4.34. The SMILES string of the molecule is Cc1ccc(C)c(OCCCC(=O)c2ccccc2)c1C. The monoisotopic (exact) mass is 282 g/mol. The zero-order valence-electron chi connectivity index (χ0n) is 13.0. The van der Waals surface area contributed by atoms with Gasteiger partial charge >= 0.3 is 0 Å². The summed E-state index contributed by atoms with van der Waals surface area (Å²) in [7, 11) is 0. The molecule has 0 heterocycles. The molecule has 0 aromatic heterocycles. The third-order valence-electron chi connectivity index (χ3n) is 3.76. The van der Waals surface area contributed by atoms with Crippen molar-refractivity contribution in [2.24, 2.45) is 0 Å². The molecule has 0 aliphatic rings. The van der Waals surface area contributed by atoms with Crippen molar-refractivity contribution in [3.05, 3.63) is 64.7 Å². The fourth-order valence-corrected chi connectivity index (χ4v) is 2.32. The molecule has 0 amide bonds. The molecule has 0 aliphatic carbocycles. The first-order valence-electron chi connectivity index (χ1n) is 7.37. The normalized spacial score (nSPS) is 10.4. The van der Waals surface area contributed by atoms with Gasteiger partial charge in [0, 0.05) is 12.0 Å². The molecule has 0 fully saturated rings. The van der Waals surface area contributed by atoms with E-state index in [-0.39, 0.29) is 5.78 Å². The van der Waals surface area contributed by atoms with E-state index in [4.69, 9.17) is 4.74 Å². The molecule has 0 saturated heterocycles. The zero-order chi connectivity index (χ0) is 15.2. The summed E-state index contributed by atoms with van der Waals surface area (Å²) in [6, 6.07) is 13.6. The molecule has 110 valence electrons. The first-order valence-corrected chi connectivity index (χ1v) is 7.37. The topological polar surface area (TPSA) is 26.3 Å². The minimum atomic E-state index is 0.178. The van der Waals surface area contributed by atoms with Gasteiger partial charge in [-0.25, -0.2) is 0 Å². The van der Waals surface area contributed by atoms with E-state index in [9.17, 15) is 4.79 Å². The lowest BCUT2D eigenvalue weighted by Crippen LogP contribution is -2.05. The third kappa shape index (κ3) is 3.94. The van der Waals surface area contributed by atoms with Gasteiger partial charge in [0.2, 0.25) is 0 Å². The second-order valence-corrected chi connectivity index (χ2v) is 5.39. The van der Waals surface area contributed by atoms with Crippen molar-refractivity contribution < 1.29 is 9.53 Å². The van der Waals surface area contributed by atoms with E-state index >= 15 is 0 Å². The Morgan fingerprint density at radius 2 is 1.62 bits per heavy atom. The molecule has 2 rings (SSSR count). The van der Waals surface area contributed by atoms with Gasteiger partial charge in [-0.3, -0.25) is 4.79 Å². The number of carbonyl (C=O) groups excluding carboxylic acids is 1. The van der Waals surface area contributed by atoms with Gasteiger partial charge in [0.1, 0.15) is 5.75 Å². The quantitative estimate of drug-likeness (QED) is 0.569. The van der Waals surface area contributed by atoms with Gasteiger partial charge in [-0.2, -0.15) is 0 Å². The van der Waals surface area contributed by atoms with Crippen molar-refractivity contribution in [2.75, 3.05) is 6.61 Å². The number of Topliss-reactive ketones (excluding diaryl/α,β-unsaturated/α-hetero) is 1. The summed E-state index contributed by atoms with van der Waals surface area (Å²) in [5, 5.41) is 0. The molecule has 0 N–H and O–H groups in total. The van der Waals surface area contributed by atoms with Crippen LogP contribution in [0.2, 0.25) is 0 Å². The van der Waals surface area contributed by atoms with E-state index < -0.39 is 0 Å². The van der Waals surface area contributed by atoms with Crippen LogP contribution in [0.1, 0.15) is 39.9 Å². The smallest absolute Gasteiger partial charge is 0.163 e. The van der Waals surface area contributed by atoms with Crippen LogP contribution < -0.4 is 4.74 Å². The highest BCUT2D eigenvalue weighted by Gasteiger charge is 2.08. The summed E-state index contributed by atoms with van der Waals surface area (Å²) in [6.45, 7) is 6.79. The lowest BCUT2D eigenvalue weighted by molar-refractivity contribution is 0.0973. The maximum absolute atomic E-state index is 12.0. The van der Waals surface area contributed by atoms with E-state index in [1.165, 1.54) is 11.1 Å². The van der Waals surface area contributed by atoms with E-state index in [0.29, 0.717) is 13.0 Å². The summed E-state index contributed by atoms with van der Waals surface area (Å²) in [5.74, 6) is 1.14. The predicted molar refractivity (Wildman–Crippen MR) is 86.2 cm³/mol. The van der Waals surface area contributed by atoms with Gasteiger partial charge in [-0.05, 0) is 43.9 Å². The van der Waals surface area contributed by atoms with Crippen LogP contribution in [0.4, 0.5) is 0 Å². The number of ether oxygens (including phenoxy) is 1. The number of hydrogen-bond donors (Lipinski definition) is 0. The average molecular weight is 282 g/mol.